The third kappa shape index (κ3) is 4530000. The maximum atomic E-state index is 8.52. The van der Waals surface area contributed by atoms with Crippen LogP contribution in [0.5, 0.6) is 0 Å². The van der Waals surface area contributed by atoms with Gasteiger partial charge in [-0.15, -0.1) is 0 Å². The molecule has 0 heterocycles. The Morgan fingerprint density at radius 2 is 0.250 bits per heavy atom. The van der Waals surface area contributed by atoms with E-state index in [1.807, 2.05) is 0 Å². The first-order valence-corrected chi connectivity index (χ1v) is 6.00. The predicted molar refractivity (Wildman–Crippen MR) is 97.1 cm³/mol. The monoisotopic (exact) mass is 612 g/mol. The van der Waals surface area contributed by atoms with Crippen molar-refractivity contribution in [3.63, 3.8) is 0 Å². The minimum atomic E-state index is -5.17. The molecule has 0 aromatic heterocycles. The Bertz CT molecular complexity index is 346. The smallest absolute Gasteiger partial charge is 0.759 e. The van der Waals surface area contributed by atoms with Gasteiger partial charge >= 0.3 is 34.7 Å². The molecule has 0 aliphatic heterocycles. The number of hydrogen-bond acceptors (Lipinski definition) is 12. The maximum Gasteiger partial charge on any atom is 3.00 e. The molecule has 30 N–H and O–H groups in total. The van der Waals surface area contributed by atoms with E-state index in [0.717, 1.165) is 0 Å². The molecular formula is H30Al2O27S3. The van der Waals surface area contributed by atoms with Gasteiger partial charge in [-0.05, 0) is 0 Å². The third-order valence-corrected chi connectivity index (χ3v) is 0. The summed E-state index contributed by atoms with van der Waals surface area (Å²) in [6.45, 7) is 0. The van der Waals surface area contributed by atoms with E-state index in [-0.39, 0.29) is 117 Å². The average molecular weight is 612 g/mol. The van der Waals surface area contributed by atoms with E-state index < -0.39 is 31.2 Å². The van der Waals surface area contributed by atoms with Crippen molar-refractivity contribution in [3.05, 3.63) is 0 Å². The van der Waals surface area contributed by atoms with Gasteiger partial charge in [-0.2, -0.15) is 0 Å². The van der Waals surface area contributed by atoms with Crippen molar-refractivity contribution in [2.75, 3.05) is 0 Å². The summed E-state index contributed by atoms with van der Waals surface area (Å²) in [5, 5.41) is 0. The van der Waals surface area contributed by atoms with Crippen LogP contribution >= 0.6 is 0 Å². The van der Waals surface area contributed by atoms with Gasteiger partial charge in [0.2, 0.25) is 0 Å². The zero-order chi connectivity index (χ0) is 13.5. The first-order chi connectivity index (χ1) is 6.00. The van der Waals surface area contributed by atoms with Crippen molar-refractivity contribution in [1.82, 2.24) is 0 Å². The molecular weight excluding hydrogens is 582 g/mol. The fourth-order valence-electron chi connectivity index (χ4n) is 0. The van der Waals surface area contributed by atoms with E-state index in [1.165, 1.54) is 0 Å². The van der Waals surface area contributed by atoms with Crippen molar-refractivity contribution in [3.8, 4) is 0 Å². The number of hydrogen-bond donors (Lipinski definition) is 0. The Kier molecular flexibility index (Phi) is 571. The van der Waals surface area contributed by atoms with Crippen LogP contribution in [-0.4, -0.2) is 169 Å². The minimum absolute atomic E-state index is 0. The molecule has 0 saturated heterocycles. The standard InChI is InChI=1S/2Al.3H2O4S.15H2O/c;;3*1-5(2,3)4;;;;;;;;;;;;;;;/h;;3*(H2,1,2,3,4);15*1H2/q2*+3;;;;;;;;;;;;;;;;;;/p-6. The molecule has 0 aromatic rings. The van der Waals surface area contributed by atoms with Crippen LogP contribution in [0.15, 0.2) is 0 Å². The molecule has 0 saturated carbocycles. The topological polar surface area (TPSA) is 713 Å². The molecule has 0 spiro atoms. The predicted octanol–water partition coefficient (Wildman–Crippen LogP) is -17.1. The van der Waals surface area contributed by atoms with Crippen LogP contribution in [-0.2, 0) is 31.2 Å². The van der Waals surface area contributed by atoms with Gasteiger partial charge in [0, 0.05) is 31.2 Å². The molecule has 216 valence electrons. The van der Waals surface area contributed by atoms with Crippen molar-refractivity contribution >= 4 is 65.9 Å². The van der Waals surface area contributed by atoms with Crippen molar-refractivity contribution in [1.29, 1.82) is 0 Å². The zero-order valence-corrected chi connectivity index (χ0v) is 19.5. The molecule has 0 aromatic carbocycles. The summed E-state index contributed by atoms with van der Waals surface area (Å²) in [5.74, 6) is 0. The first-order valence-electron chi connectivity index (χ1n) is 2.00. The molecule has 0 radical (unpaired) electrons. The van der Waals surface area contributed by atoms with E-state index in [9.17, 15) is 0 Å². The van der Waals surface area contributed by atoms with E-state index in [1.54, 1.807) is 0 Å². The molecule has 0 amide bonds. The molecule has 0 unspecified atom stereocenters. The molecule has 0 aliphatic rings. The van der Waals surface area contributed by atoms with E-state index in [2.05, 4.69) is 0 Å². The molecule has 0 rings (SSSR count). The molecule has 0 fully saturated rings. The van der Waals surface area contributed by atoms with Gasteiger partial charge in [-0.3, -0.25) is 25.3 Å². The van der Waals surface area contributed by atoms with Gasteiger partial charge in [-0.25, -0.2) is 0 Å². The summed E-state index contributed by atoms with van der Waals surface area (Å²) >= 11 is 0. The van der Waals surface area contributed by atoms with Gasteiger partial charge in [0.1, 0.15) is 0 Å². The van der Waals surface area contributed by atoms with Crippen molar-refractivity contribution in [2.45, 2.75) is 0 Å². The Balaban J connectivity index is -0.00000000296. The quantitative estimate of drug-likeness (QED) is 0.140. The fourth-order valence-corrected chi connectivity index (χ4v) is 0. The second-order valence-corrected chi connectivity index (χ2v) is 3.67. The van der Waals surface area contributed by atoms with Crippen LogP contribution in [0.1, 0.15) is 0 Å². The number of rotatable bonds is 0. The Morgan fingerprint density at radius 3 is 0.250 bits per heavy atom. The van der Waals surface area contributed by atoms with Crippen LogP contribution in [0.25, 0.3) is 0 Å². The summed E-state index contributed by atoms with van der Waals surface area (Å²) in [4.78, 5) is 0. The van der Waals surface area contributed by atoms with Gasteiger partial charge < -0.3 is 109 Å². The third-order valence-electron chi connectivity index (χ3n) is 0. The fraction of sp³-hybridized carbons (Fsp3) is 0. The first kappa shape index (κ1) is 212. The van der Waals surface area contributed by atoms with Gasteiger partial charge in [0.15, 0.2) is 0 Å². The summed E-state index contributed by atoms with van der Waals surface area (Å²) < 4.78 is 102. The molecule has 0 aliphatic carbocycles. The van der Waals surface area contributed by atoms with Crippen molar-refractivity contribution in [2.24, 2.45) is 0 Å². The van der Waals surface area contributed by atoms with Crippen LogP contribution in [0.2, 0.25) is 0 Å². The van der Waals surface area contributed by atoms with Crippen LogP contribution in [0.3, 0.4) is 0 Å². The Hall–Kier alpha value is 0.0749. The molecule has 0 bridgehead atoms. The summed E-state index contributed by atoms with van der Waals surface area (Å²) in [7, 11) is -15.5. The largest absolute Gasteiger partial charge is 3.00 e. The summed E-state index contributed by atoms with van der Waals surface area (Å²) in [5.41, 5.74) is 0. The van der Waals surface area contributed by atoms with Gasteiger partial charge in [0.25, 0.3) is 0 Å². The normalized spacial score (nSPS) is 5.44. The maximum absolute atomic E-state index is 8.52. The molecule has 0 atom stereocenters. The Morgan fingerprint density at radius 1 is 0.250 bits per heavy atom. The van der Waals surface area contributed by atoms with Crippen LogP contribution in [0, 0.1) is 0 Å². The van der Waals surface area contributed by atoms with Crippen LogP contribution < -0.4 is 0 Å². The van der Waals surface area contributed by atoms with E-state index >= 15 is 0 Å². The van der Waals surface area contributed by atoms with Gasteiger partial charge in [0.05, 0.1) is 0 Å². The zero-order valence-electron chi connectivity index (χ0n) is 14.8. The molecule has 32 heavy (non-hydrogen) atoms. The van der Waals surface area contributed by atoms with E-state index in [0.29, 0.717) is 0 Å². The molecule has 27 nitrogen and oxygen atoms in total. The minimum Gasteiger partial charge on any atom is -0.759 e. The van der Waals surface area contributed by atoms with Gasteiger partial charge in [-0.1, -0.05) is 0 Å². The molecule has 32 heteroatoms. The van der Waals surface area contributed by atoms with E-state index in [4.69, 9.17) is 52.6 Å². The van der Waals surface area contributed by atoms with Crippen LogP contribution in [0.4, 0.5) is 0 Å². The Labute approximate surface area is 200 Å². The van der Waals surface area contributed by atoms with Crippen molar-refractivity contribution < 1.29 is 135 Å². The summed E-state index contributed by atoms with van der Waals surface area (Å²) in [6, 6.07) is 0. The summed E-state index contributed by atoms with van der Waals surface area (Å²) in [6.07, 6.45) is 0. The average Bonchev–Trinajstić information content (AvgIpc) is 1.41. The second kappa shape index (κ2) is 86.0. The second-order valence-electron chi connectivity index (χ2n) is 1.22. The SMILES string of the molecule is O.O.O.O.O.O.O.O.O.O.O.O.O.O.O.O=S(=O)([O-])[O-].O=S(=O)([O-])[O-].O=S(=O)([O-])[O-].[Al+3].[Al+3].